The zero-order valence-corrected chi connectivity index (χ0v) is 11.7. The highest BCUT2D eigenvalue weighted by molar-refractivity contribution is 9.12. The quantitative estimate of drug-likeness (QED) is 0.563. The lowest BCUT2D eigenvalue weighted by Gasteiger charge is -2.09. The lowest BCUT2D eigenvalue weighted by molar-refractivity contribution is -0.115. The average molecular weight is 367 g/mol. The summed E-state index contributed by atoms with van der Waals surface area (Å²) in [5.74, 6) is -1.90. The summed E-state index contributed by atoms with van der Waals surface area (Å²) < 4.78 is 0. The van der Waals surface area contributed by atoms with Gasteiger partial charge in [-0.25, -0.2) is 4.79 Å². The average Bonchev–Trinajstić information content (AvgIpc) is 2.30. The summed E-state index contributed by atoms with van der Waals surface area (Å²) >= 11 is 6.27. The predicted octanol–water partition coefficient (Wildman–Crippen LogP) is 2.19. The van der Waals surface area contributed by atoms with Crippen molar-refractivity contribution < 1.29 is 19.8 Å². The smallest absolute Gasteiger partial charge is 0.339 e. The van der Waals surface area contributed by atoms with E-state index >= 15 is 0 Å². The number of carboxylic acid groups (broad SMARTS) is 1. The van der Waals surface area contributed by atoms with Gasteiger partial charge >= 0.3 is 5.97 Å². The molecule has 0 fully saturated rings. The Hall–Kier alpha value is -1.08. The van der Waals surface area contributed by atoms with Crippen molar-refractivity contribution in [3.05, 3.63) is 23.8 Å². The molecule has 0 aliphatic carbocycles. The monoisotopic (exact) mass is 365 g/mol. The maximum Gasteiger partial charge on any atom is 0.339 e. The van der Waals surface area contributed by atoms with Gasteiger partial charge in [-0.2, -0.15) is 0 Å². The fourth-order valence-electron chi connectivity index (χ4n) is 1.08. The van der Waals surface area contributed by atoms with Crippen LogP contribution in [0, 0.1) is 0 Å². The fourth-order valence-corrected chi connectivity index (χ4v) is 1.48. The number of hydrogen-bond donors (Lipinski definition) is 3. The number of phenols is 1. The molecule has 0 aromatic heterocycles. The summed E-state index contributed by atoms with van der Waals surface area (Å²) in [6.07, 6.45) is 0. The van der Waals surface area contributed by atoms with E-state index in [1.165, 1.54) is 18.2 Å². The van der Waals surface area contributed by atoms with Crippen molar-refractivity contribution >= 4 is 49.4 Å². The topological polar surface area (TPSA) is 86.6 Å². The normalized spacial score (nSPS) is 11.9. The maximum atomic E-state index is 11.5. The number of benzene rings is 1. The number of carboxylic acids is 1. The molecule has 0 saturated carbocycles. The number of rotatable bonds is 4. The van der Waals surface area contributed by atoms with Gasteiger partial charge in [0.25, 0.3) is 0 Å². The summed E-state index contributed by atoms with van der Waals surface area (Å²) in [6, 6.07) is 3.84. The molecule has 1 atom stereocenters. The molecule has 1 aromatic rings. The Kier molecular flexibility index (Phi) is 4.95. The first-order valence-corrected chi connectivity index (χ1v) is 6.56. The van der Waals surface area contributed by atoms with Crippen molar-refractivity contribution in [2.75, 3.05) is 10.6 Å². The number of carbonyl (C=O) groups excluding carboxylic acids is 1. The summed E-state index contributed by atoms with van der Waals surface area (Å²) in [4.78, 5) is 21.9. The van der Waals surface area contributed by atoms with Gasteiger partial charge < -0.3 is 15.5 Å². The summed E-state index contributed by atoms with van der Waals surface area (Å²) in [5, 5.41) is 21.0. The zero-order valence-electron chi connectivity index (χ0n) is 8.48. The van der Waals surface area contributed by atoms with E-state index < -0.39 is 10.8 Å². The molecule has 0 heterocycles. The van der Waals surface area contributed by atoms with E-state index in [0.29, 0.717) is 11.0 Å². The summed E-state index contributed by atoms with van der Waals surface area (Å²) in [5.41, 5.74) is 0.0587. The first-order valence-electron chi connectivity index (χ1n) is 4.53. The number of hydrogen-bond acceptors (Lipinski definition) is 3. The highest BCUT2D eigenvalue weighted by Gasteiger charge is 2.15. The molecule has 7 heteroatoms. The highest BCUT2D eigenvalue weighted by atomic mass is 79.9. The third-order valence-corrected chi connectivity index (χ3v) is 4.17. The number of nitrogens with one attached hydrogen (secondary N) is 1. The minimum absolute atomic E-state index is 0.257. The molecular formula is C10H9Br2NO4. The lowest BCUT2D eigenvalue weighted by Crippen LogP contribution is -2.23. The number of amides is 1. The van der Waals surface area contributed by atoms with E-state index in [0.717, 1.165) is 0 Å². The Morgan fingerprint density at radius 3 is 2.59 bits per heavy atom. The van der Waals surface area contributed by atoms with Gasteiger partial charge in [0, 0.05) is 11.0 Å². The molecule has 92 valence electrons. The van der Waals surface area contributed by atoms with Gasteiger partial charge in [0.05, 0.1) is 0 Å². The molecule has 17 heavy (non-hydrogen) atoms. The number of halogens is 2. The van der Waals surface area contributed by atoms with E-state index in [1.54, 1.807) is 0 Å². The molecular weight excluding hydrogens is 358 g/mol. The molecule has 1 aromatic carbocycles. The molecule has 1 unspecified atom stereocenters. The third-order valence-electron chi connectivity index (χ3n) is 1.91. The van der Waals surface area contributed by atoms with Crippen LogP contribution in [0.25, 0.3) is 0 Å². The molecule has 0 radical (unpaired) electrons. The molecule has 0 aliphatic rings. The number of alkyl halides is 2. The van der Waals surface area contributed by atoms with E-state index in [-0.39, 0.29) is 17.2 Å². The van der Waals surface area contributed by atoms with Crippen molar-refractivity contribution in [2.24, 2.45) is 0 Å². The van der Waals surface area contributed by atoms with Gasteiger partial charge in [0.15, 0.2) is 0 Å². The maximum absolute atomic E-state index is 11.5. The minimum Gasteiger partial charge on any atom is -0.507 e. The first kappa shape index (κ1) is 14.0. The van der Waals surface area contributed by atoms with Crippen LogP contribution < -0.4 is 5.32 Å². The molecule has 0 saturated heterocycles. The standard InChI is InChI=1S/C10H9Br2NO4/c11-4-7(12)9(15)13-5-1-2-8(14)6(3-5)10(16)17/h1-3,7,14H,4H2,(H,13,15)(H,16,17). The lowest BCUT2D eigenvalue weighted by atomic mass is 10.2. The fraction of sp³-hybridized carbons (Fsp3) is 0.200. The Balaban J connectivity index is 2.90. The van der Waals surface area contributed by atoms with Crippen LogP contribution in [-0.4, -0.2) is 32.2 Å². The van der Waals surface area contributed by atoms with E-state index in [4.69, 9.17) is 5.11 Å². The van der Waals surface area contributed by atoms with Gasteiger partial charge in [0.2, 0.25) is 5.91 Å². The van der Waals surface area contributed by atoms with Gasteiger partial charge in [-0.1, -0.05) is 31.9 Å². The second-order valence-corrected chi connectivity index (χ2v) is 4.90. The molecule has 0 aliphatic heterocycles. The van der Waals surface area contributed by atoms with Crippen molar-refractivity contribution in [1.29, 1.82) is 0 Å². The first-order chi connectivity index (χ1) is 7.95. The Bertz CT molecular complexity index is 450. The van der Waals surface area contributed by atoms with Crippen molar-refractivity contribution in [1.82, 2.24) is 0 Å². The Morgan fingerprint density at radius 2 is 2.06 bits per heavy atom. The van der Waals surface area contributed by atoms with Crippen molar-refractivity contribution in [2.45, 2.75) is 4.83 Å². The number of carbonyl (C=O) groups is 2. The van der Waals surface area contributed by atoms with Gasteiger partial charge in [-0.05, 0) is 18.2 Å². The second kappa shape index (κ2) is 6.02. The van der Waals surface area contributed by atoms with Gasteiger partial charge in [-0.3, -0.25) is 4.79 Å². The van der Waals surface area contributed by atoms with Crippen LogP contribution in [0.4, 0.5) is 5.69 Å². The number of aromatic carboxylic acids is 1. The Morgan fingerprint density at radius 1 is 1.41 bits per heavy atom. The molecule has 5 nitrogen and oxygen atoms in total. The van der Waals surface area contributed by atoms with Crippen molar-refractivity contribution in [3.63, 3.8) is 0 Å². The second-order valence-electron chi connectivity index (χ2n) is 3.15. The minimum atomic E-state index is -1.26. The van der Waals surface area contributed by atoms with E-state index in [1.807, 2.05) is 0 Å². The van der Waals surface area contributed by atoms with Crippen LogP contribution in [0.15, 0.2) is 18.2 Å². The van der Waals surface area contributed by atoms with Crippen LogP contribution in [0.5, 0.6) is 5.75 Å². The molecule has 0 spiro atoms. The van der Waals surface area contributed by atoms with Gasteiger partial charge in [-0.15, -0.1) is 0 Å². The Labute approximate surface area is 114 Å². The largest absolute Gasteiger partial charge is 0.507 e. The van der Waals surface area contributed by atoms with Crippen LogP contribution in [0.1, 0.15) is 10.4 Å². The van der Waals surface area contributed by atoms with Crippen LogP contribution >= 0.6 is 31.9 Å². The summed E-state index contributed by atoms with van der Waals surface area (Å²) in [7, 11) is 0. The summed E-state index contributed by atoms with van der Waals surface area (Å²) in [6.45, 7) is 0. The third kappa shape index (κ3) is 3.71. The van der Waals surface area contributed by atoms with Crippen LogP contribution in [0.2, 0.25) is 0 Å². The number of aromatic hydroxyl groups is 1. The van der Waals surface area contributed by atoms with E-state index in [9.17, 15) is 14.7 Å². The van der Waals surface area contributed by atoms with E-state index in [2.05, 4.69) is 37.2 Å². The SMILES string of the molecule is O=C(O)c1cc(NC(=O)C(Br)CBr)ccc1O. The van der Waals surface area contributed by atoms with Crippen molar-refractivity contribution in [3.8, 4) is 5.75 Å². The van der Waals surface area contributed by atoms with Crippen LogP contribution in [0.3, 0.4) is 0 Å². The predicted molar refractivity (Wildman–Crippen MR) is 70.2 cm³/mol. The molecule has 0 bridgehead atoms. The molecule has 1 amide bonds. The molecule has 1 rings (SSSR count). The zero-order chi connectivity index (χ0) is 13.0. The van der Waals surface area contributed by atoms with Crippen LogP contribution in [-0.2, 0) is 4.79 Å². The highest BCUT2D eigenvalue weighted by Crippen LogP contribution is 2.22. The molecule has 3 N–H and O–H groups in total. The van der Waals surface area contributed by atoms with Gasteiger partial charge in [0.1, 0.15) is 16.1 Å². The number of anilines is 1.